The molecule has 1 aromatic heterocycles. The van der Waals surface area contributed by atoms with Gasteiger partial charge in [0, 0.05) is 33.7 Å². The van der Waals surface area contributed by atoms with E-state index in [-0.39, 0.29) is 6.03 Å². The Bertz CT molecular complexity index is 795. The number of carbonyl (C=O) groups excluding carboxylic acids is 1. The number of nitrogens with one attached hydrogen (secondary N) is 1. The van der Waals surface area contributed by atoms with Crippen LogP contribution in [0, 0.1) is 0 Å². The lowest BCUT2D eigenvalue weighted by Gasteiger charge is -2.26. The largest absolute Gasteiger partial charge is 0.497 e. The van der Waals surface area contributed by atoms with E-state index in [0.717, 1.165) is 43.2 Å². The van der Waals surface area contributed by atoms with E-state index < -0.39 is 0 Å². The molecule has 0 atom stereocenters. The zero-order valence-corrected chi connectivity index (χ0v) is 16.2. The number of methoxy groups -OCH3 is 1. The maximum Gasteiger partial charge on any atom is 0.317 e. The molecule has 0 aliphatic carbocycles. The van der Waals surface area contributed by atoms with Crippen molar-refractivity contribution in [1.29, 1.82) is 0 Å². The quantitative estimate of drug-likeness (QED) is 0.848. The monoisotopic (exact) mass is 369 g/mol. The Hall–Kier alpha value is -2.80. The summed E-state index contributed by atoms with van der Waals surface area (Å²) in [6.07, 6.45) is 4.32. The zero-order chi connectivity index (χ0) is 19.2. The number of aromatic nitrogens is 2. The van der Waals surface area contributed by atoms with Gasteiger partial charge in [0.1, 0.15) is 5.75 Å². The maximum atomic E-state index is 11.6. The average Bonchev–Trinajstić information content (AvgIpc) is 3.08. The fraction of sp³-hybridized carbons (Fsp3) is 0.400. The van der Waals surface area contributed by atoms with Crippen molar-refractivity contribution >= 4 is 12.1 Å². The third kappa shape index (κ3) is 5.10. The summed E-state index contributed by atoms with van der Waals surface area (Å²) in [6, 6.07) is 10.0. The summed E-state index contributed by atoms with van der Waals surface area (Å²) >= 11 is 0. The molecule has 1 N–H and O–H groups in total. The molecule has 3 rings (SSSR count). The lowest BCUT2D eigenvalue weighted by molar-refractivity contribution is 0.216. The van der Waals surface area contributed by atoms with Crippen molar-refractivity contribution in [2.45, 2.75) is 19.6 Å². The number of carbonyl (C=O) groups is 1. The van der Waals surface area contributed by atoms with Crippen molar-refractivity contribution in [3.8, 4) is 5.75 Å². The van der Waals surface area contributed by atoms with Gasteiger partial charge in [0.2, 0.25) is 0 Å². The first-order valence-electron chi connectivity index (χ1n) is 9.09. The van der Waals surface area contributed by atoms with Crippen LogP contribution in [-0.2, 0) is 19.6 Å². The number of fused-ring (bicyclic) bond motifs is 1. The van der Waals surface area contributed by atoms with Crippen molar-refractivity contribution in [3.05, 3.63) is 53.4 Å². The summed E-state index contributed by atoms with van der Waals surface area (Å²) in [4.78, 5) is 15.5. The molecule has 2 heterocycles. The van der Waals surface area contributed by atoms with E-state index in [0.29, 0.717) is 6.54 Å². The highest BCUT2D eigenvalue weighted by atomic mass is 16.5. The van der Waals surface area contributed by atoms with E-state index in [2.05, 4.69) is 45.7 Å². The number of hydrogen-bond donors (Lipinski definition) is 1. The van der Waals surface area contributed by atoms with Crippen LogP contribution in [0.3, 0.4) is 0 Å². The number of nitrogens with zero attached hydrogens (tertiary/aromatic N) is 4. The third-order valence-corrected chi connectivity index (χ3v) is 4.54. The zero-order valence-electron chi connectivity index (χ0n) is 16.2. The third-order valence-electron chi connectivity index (χ3n) is 4.54. The molecule has 0 spiro atoms. The van der Waals surface area contributed by atoms with Crippen LogP contribution in [-0.4, -0.2) is 59.9 Å². The summed E-state index contributed by atoms with van der Waals surface area (Å²) in [6.45, 7) is 4.04. The van der Waals surface area contributed by atoms with Crippen molar-refractivity contribution in [2.24, 2.45) is 0 Å². The van der Waals surface area contributed by atoms with Crippen molar-refractivity contribution in [1.82, 2.24) is 24.9 Å². The number of ether oxygens (including phenoxy) is 1. The number of urea groups is 1. The fourth-order valence-electron chi connectivity index (χ4n) is 3.00. The Morgan fingerprint density at radius 1 is 1.30 bits per heavy atom. The van der Waals surface area contributed by atoms with Crippen LogP contribution in [0.15, 0.2) is 36.4 Å². The molecule has 1 aliphatic rings. The topological polar surface area (TPSA) is 62.6 Å². The molecule has 0 bridgehead atoms. The molecule has 2 amide bonds. The van der Waals surface area contributed by atoms with Gasteiger partial charge in [0.25, 0.3) is 0 Å². The van der Waals surface area contributed by atoms with Crippen LogP contribution >= 0.6 is 0 Å². The van der Waals surface area contributed by atoms with E-state index in [4.69, 9.17) is 4.74 Å². The Morgan fingerprint density at radius 2 is 2.07 bits per heavy atom. The molecule has 27 heavy (non-hydrogen) atoms. The Kier molecular flexibility index (Phi) is 6.13. The van der Waals surface area contributed by atoms with Crippen molar-refractivity contribution in [3.63, 3.8) is 0 Å². The summed E-state index contributed by atoms with van der Waals surface area (Å²) in [5.41, 5.74) is 3.25. The molecule has 0 radical (unpaired) electrons. The van der Waals surface area contributed by atoms with Gasteiger partial charge in [-0.2, -0.15) is 5.10 Å². The van der Waals surface area contributed by atoms with Gasteiger partial charge in [-0.25, -0.2) is 4.79 Å². The first-order chi connectivity index (χ1) is 13.0. The van der Waals surface area contributed by atoms with Gasteiger partial charge in [-0.3, -0.25) is 9.58 Å². The fourth-order valence-corrected chi connectivity index (χ4v) is 3.00. The van der Waals surface area contributed by atoms with Crippen LogP contribution in [0.2, 0.25) is 0 Å². The van der Waals surface area contributed by atoms with Crippen LogP contribution in [0.5, 0.6) is 5.75 Å². The Balaban J connectivity index is 1.51. The van der Waals surface area contributed by atoms with Gasteiger partial charge in [-0.05, 0) is 23.8 Å². The smallest absolute Gasteiger partial charge is 0.317 e. The van der Waals surface area contributed by atoms with Gasteiger partial charge in [-0.15, -0.1) is 0 Å². The number of hydrogen-bond acceptors (Lipinski definition) is 4. The minimum atomic E-state index is -0.105. The molecule has 144 valence electrons. The van der Waals surface area contributed by atoms with Gasteiger partial charge < -0.3 is 15.0 Å². The molecule has 1 aliphatic heterocycles. The van der Waals surface area contributed by atoms with E-state index in [1.54, 1.807) is 21.2 Å². The predicted molar refractivity (Wildman–Crippen MR) is 105 cm³/mol. The van der Waals surface area contributed by atoms with Crippen molar-refractivity contribution in [2.75, 3.05) is 34.3 Å². The number of amides is 2. The van der Waals surface area contributed by atoms with E-state index in [9.17, 15) is 4.79 Å². The van der Waals surface area contributed by atoms with Crippen LogP contribution in [0.4, 0.5) is 4.79 Å². The van der Waals surface area contributed by atoms with Crippen LogP contribution < -0.4 is 10.1 Å². The Morgan fingerprint density at radius 3 is 2.78 bits per heavy atom. The highest BCUT2D eigenvalue weighted by Gasteiger charge is 2.17. The summed E-state index contributed by atoms with van der Waals surface area (Å²) in [7, 11) is 5.13. The minimum absolute atomic E-state index is 0.105. The second-order valence-corrected chi connectivity index (χ2v) is 6.81. The molecule has 7 heteroatoms. The molecular formula is C20H27N5O2. The van der Waals surface area contributed by atoms with E-state index >= 15 is 0 Å². The number of benzene rings is 1. The second kappa shape index (κ2) is 8.73. The van der Waals surface area contributed by atoms with E-state index in [1.165, 1.54) is 10.6 Å². The van der Waals surface area contributed by atoms with Crippen LogP contribution in [0.25, 0.3) is 6.08 Å². The lowest BCUT2D eigenvalue weighted by atomic mass is 10.2. The predicted octanol–water partition coefficient (Wildman–Crippen LogP) is 2.19. The molecule has 7 nitrogen and oxygen atoms in total. The van der Waals surface area contributed by atoms with Crippen molar-refractivity contribution < 1.29 is 9.53 Å². The minimum Gasteiger partial charge on any atom is -0.497 e. The summed E-state index contributed by atoms with van der Waals surface area (Å²) < 4.78 is 7.22. The molecule has 2 aromatic rings. The maximum absolute atomic E-state index is 11.6. The first-order valence-corrected chi connectivity index (χ1v) is 9.09. The molecular weight excluding hydrogens is 342 g/mol. The lowest BCUT2D eigenvalue weighted by Crippen LogP contribution is -2.34. The first kappa shape index (κ1) is 19.0. The van der Waals surface area contributed by atoms with Gasteiger partial charge in [0.05, 0.1) is 31.6 Å². The highest BCUT2D eigenvalue weighted by molar-refractivity contribution is 5.73. The van der Waals surface area contributed by atoms with Gasteiger partial charge in [-0.1, -0.05) is 24.3 Å². The summed E-state index contributed by atoms with van der Waals surface area (Å²) in [5, 5.41) is 7.44. The van der Waals surface area contributed by atoms with Gasteiger partial charge in [0.15, 0.2) is 0 Å². The highest BCUT2D eigenvalue weighted by Crippen LogP contribution is 2.15. The van der Waals surface area contributed by atoms with Crippen LogP contribution in [0.1, 0.15) is 17.0 Å². The summed E-state index contributed by atoms with van der Waals surface area (Å²) in [5.74, 6) is 0.869. The average molecular weight is 369 g/mol. The van der Waals surface area contributed by atoms with Gasteiger partial charge >= 0.3 is 6.03 Å². The Labute approximate surface area is 160 Å². The molecule has 0 saturated carbocycles. The standard InChI is InChI=1S/C20H27N5O2/c1-23(2)20(26)21-14-17-13-18-15-24(11-12-25(18)22-17)10-4-5-16-6-8-19(27-3)9-7-16/h4-9,13H,10-12,14-15H2,1-3H3,(H,21,26). The second-order valence-electron chi connectivity index (χ2n) is 6.81. The SMILES string of the molecule is COc1ccc(C=CCN2CCn3nc(CNC(=O)N(C)C)cc3C2)cc1. The molecule has 0 unspecified atom stereocenters. The van der Waals surface area contributed by atoms with E-state index in [1.807, 2.05) is 16.8 Å². The number of rotatable bonds is 6. The molecule has 0 fully saturated rings. The molecule has 0 saturated heterocycles. The normalized spacial score (nSPS) is 14.2. The molecule has 1 aromatic carbocycles.